The Labute approximate surface area is 237 Å². The topological polar surface area (TPSA) is 87.1 Å². The molecule has 2 heterocycles. The Balaban J connectivity index is 1.91. The zero-order valence-corrected chi connectivity index (χ0v) is 24.5. The van der Waals surface area contributed by atoms with E-state index in [1.165, 1.54) is 32.5 Å². The number of ether oxygens (including phenoxy) is 2. The Kier molecular flexibility index (Phi) is 9.20. The number of aryl methyl sites for hydroxylation is 1. The van der Waals surface area contributed by atoms with Crippen LogP contribution in [-0.4, -0.2) is 50.1 Å². The van der Waals surface area contributed by atoms with Gasteiger partial charge in [-0.15, -0.1) is 0 Å². The van der Waals surface area contributed by atoms with Crippen molar-refractivity contribution in [3.63, 3.8) is 0 Å². The maximum atomic E-state index is 15.4. The predicted octanol–water partition coefficient (Wildman–Crippen LogP) is 5.45. The molecule has 1 fully saturated rings. The Hall–Kier alpha value is -3.37. The van der Waals surface area contributed by atoms with Gasteiger partial charge in [-0.25, -0.2) is 9.18 Å². The zero-order chi connectivity index (χ0) is 29.1. The fourth-order valence-corrected chi connectivity index (χ4v) is 5.52. The van der Waals surface area contributed by atoms with Crippen molar-refractivity contribution < 1.29 is 27.6 Å². The molecular weight excluding hydrogens is 535 g/mol. The summed E-state index contributed by atoms with van der Waals surface area (Å²) in [6.45, 7) is 6.67. The van der Waals surface area contributed by atoms with Crippen molar-refractivity contribution >= 4 is 40.5 Å². The van der Waals surface area contributed by atoms with E-state index in [9.17, 15) is 14.4 Å². The summed E-state index contributed by atoms with van der Waals surface area (Å²) >= 11 is 1.24. The monoisotopic (exact) mass is 570 g/mol. The Morgan fingerprint density at radius 2 is 1.88 bits per heavy atom. The number of nitrogens with zero attached hydrogens (tertiary/aromatic N) is 2. The number of fused-ring (bicyclic) bond motifs is 1. The second-order valence-electron chi connectivity index (χ2n) is 10.3. The number of amides is 1. The molecule has 0 radical (unpaired) electrons. The quantitative estimate of drug-likeness (QED) is 0.237. The third-order valence-corrected chi connectivity index (χ3v) is 7.78. The van der Waals surface area contributed by atoms with Gasteiger partial charge in [0.2, 0.25) is 11.3 Å². The first-order chi connectivity index (χ1) is 19.1. The molecule has 1 aliphatic rings. The van der Waals surface area contributed by atoms with E-state index in [4.69, 9.17) is 13.7 Å². The smallest absolute Gasteiger partial charge is 0.343 e. The van der Waals surface area contributed by atoms with Gasteiger partial charge in [-0.3, -0.25) is 9.59 Å². The first-order valence-corrected chi connectivity index (χ1v) is 14.3. The van der Waals surface area contributed by atoms with Crippen molar-refractivity contribution in [3.8, 4) is 5.75 Å². The van der Waals surface area contributed by atoms with E-state index < -0.39 is 11.4 Å². The molecule has 1 aromatic heterocycles. The second-order valence-corrected chi connectivity index (χ2v) is 10.8. The number of carbonyl (C=O) groups excluding carboxylic acids is 2. The summed E-state index contributed by atoms with van der Waals surface area (Å²) in [6.07, 6.45) is 4.69. The highest BCUT2D eigenvalue weighted by atomic mass is 32.2. The van der Waals surface area contributed by atoms with Crippen LogP contribution in [-0.2, 0) is 20.1 Å². The standard InChI is InChI=1S/C30H35FN2O6S/c1-17(2)25(16-39-40-6)33-15-23(30(36)38-5)29(35)22-13-19(26(37-4)14-24(22)33)11-20-12-21(10-18(3)28(20)31)32-9-7-8-27(32)34/h10,12-15,17,25H,7-9,11,16H2,1-6H3/t25-/m1/s1. The predicted molar refractivity (Wildman–Crippen MR) is 155 cm³/mol. The number of hydrogen-bond donors (Lipinski definition) is 0. The number of halogens is 1. The number of carbonyl (C=O) groups is 2. The van der Waals surface area contributed by atoms with Gasteiger partial charge in [0.1, 0.15) is 17.1 Å². The minimum absolute atomic E-state index is 0.0151. The first kappa shape index (κ1) is 29.6. The summed E-state index contributed by atoms with van der Waals surface area (Å²) < 4.78 is 33.6. The minimum atomic E-state index is -0.740. The third kappa shape index (κ3) is 5.74. The van der Waals surface area contributed by atoms with Crippen molar-refractivity contribution in [3.05, 3.63) is 68.8 Å². The number of pyridine rings is 1. The van der Waals surface area contributed by atoms with Gasteiger partial charge in [-0.05, 0) is 66.2 Å². The van der Waals surface area contributed by atoms with E-state index in [1.54, 1.807) is 36.1 Å². The van der Waals surface area contributed by atoms with E-state index in [0.717, 1.165) is 6.42 Å². The van der Waals surface area contributed by atoms with Gasteiger partial charge in [0, 0.05) is 49.0 Å². The highest BCUT2D eigenvalue weighted by molar-refractivity contribution is 7.93. The lowest BCUT2D eigenvalue weighted by Gasteiger charge is -2.26. The highest BCUT2D eigenvalue weighted by Crippen LogP contribution is 2.33. The Bertz CT molecular complexity index is 1500. The lowest BCUT2D eigenvalue weighted by atomic mass is 9.97. The lowest BCUT2D eigenvalue weighted by Crippen LogP contribution is -2.26. The molecule has 1 aliphatic heterocycles. The van der Waals surface area contributed by atoms with Gasteiger partial charge in [-0.1, -0.05) is 13.8 Å². The van der Waals surface area contributed by atoms with Crippen molar-refractivity contribution in [2.75, 3.05) is 38.5 Å². The number of esters is 1. The van der Waals surface area contributed by atoms with Gasteiger partial charge in [0.15, 0.2) is 0 Å². The second kappa shape index (κ2) is 12.4. The molecule has 0 saturated carbocycles. The molecule has 1 amide bonds. The maximum absolute atomic E-state index is 15.4. The molecule has 0 bridgehead atoms. The van der Waals surface area contributed by atoms with Crippen LogP contribution in [0.25, 0.3) is 10.9 Å². The summed E-state index contributed by atoms with van der Waals surface area (Å²) in [5, 5.41) is 0.288. The normalized spacial score (nSPS) is 14.3. The van der Waals surface area contributed by atoms with Crippen LogP contribution in [0.2, 0.25) is 0 Å². The molecule has 40 heavy (non-hydrogen) atoms. The fourth-order valence-electron chi connectivity index (χ4n) is 5.24. The molecule has 2 aromatic carbocycles. The third-order valence-electron chi connectivity index (χ3n) is 7.40. The van der Waals surface area contributed by atoms with Gasteiger partial charge >= 0.3 is 5.97 Å². The highest BCUT2D eigenvalue weighted by Gasteiger charge is 2.26. The van der Waals surface area contributed by atoms with Gasteiger partial charge in [0.05, 0.1) is 32.4 Å². The summed E-state index contributed by atoms with van der Waals surface area (Å²) in [5.74, 6) is -0.536. The van der Waals surface area contributed by atoms with Crippen molar-refractivity contribution in [2.45, 2.75) is 46.1 Å². The van der Waals surface area contributed by atoms with Crippen molar-refractivity contribution in [2.24, 2.45) is 5.92 Å². The van der Waals surface area contributed by atoms with E-state index in [2.05, 4.69) is 0 Å². The van der Waals surface area contributed by atoms with Crippen LogP contribution in [0.3, 0.4) is 0 Å². The Morgan fingerprint density at radius 3 is 2.48 bits per heavy atom. The first-order valence-electron chi connectivity index (χ1n) is 13.2. The molecule has 0 aliphatic carbocycles. The average Bonchev–Trinajstić information content (AvgIpc) is 3.37. The largest absolute Gasteiger partial charge is 0.496 e. The van der Waals surface area contributed by atoms with E-state index >= 15 is 4.39 Å². The average molecular weight is 571 g/mol. The molecule has 8 nitrogen and oxygen atoms in total. The summed E-state index contributed by atoms with van der Waals surface area (Å²) in [6, 6.07) is 6.58. The van der Waals surface area contributed by atoms with Crippen LogP contribution in [0.15, 0.2) is 35.3 Å². The van der Waals surface area contributed by atoms with Crippen molar-refractivity contribution in [1.29, 1.82) is 0 Å². The number of hydrogen-bond acceptors (Lipinski definition) is 7. The molecule has 3 aromatic rings. The van der Waals surface area contributed by atoms with E-state index in [0.29, 0.717) is 53.2 Å². The summed E-state index contributed by atoms with van der Waals surface area (Å²) in [5.41, 5.74) is 2.02. The zero-order valence-electron chi connectivity index (χ0n) is 23.7. The maximum Gasteiger partial charge on any atom is 0.343 e. The molecular formula is C30H35FN2O6S. The van der Waals surface area contributed by atoms with Crippen LogP contribution < -0.4 is 15.1 Å². The Morgan fingerprint density at radius 1 is 1.12 bits per heavy atom. The lowest BCUT2D eigenvalue weighted by molar-refractivity contribution is -0.117. The van der Waals surface area contributed by atoms with Crippen LogP contribution in [0.1, 0.15) is 59.8 Å². The van der Waals surface area contributed by atoms with Crippen LogP contribution in [0.4, 0.5) is 10.1 Å². The SMILES string of the molecule is COC(=O)c1cn([C@H](COSC)C(C)C)c2cc(OC)c(Cc3cc(N4CCCC4=O)cc(C)c3F)cc2c1=O. The van der Waals surface area contributed by atoms with Crippen LogP contribution >= 0.6 is 12.0 Å². The molecule has 0 unspecified atom stereocenters. The fraction of sp³-hybridized carbons (Fsp3) is 0.433. The van der Waals surface area contributed by atoms with E-state index in [-0.39, 0.29) is 41.1 Å². The number of aromatic nitrogens is 1. The van der Waals surface area contributed by atoms with Crippen molar-refractivity contribution in [1.82, 2.24) is 4.57 Å². The molecule has 0 spiro atoms. The van der Waals surface area contributed by atoms with Gasteiger partial charge < -0.3 is 23.1 Å². The van der Waals surface area contributed by atoms with E-state index in [1.807, 2.05) is 24.7 Å². The molecule has 10 heteroatoms. The molecule has 1 saturated heterocycles. The molecule has 4 rings (SSSR count). The number of methoxy groups -OCH3 is 2. The minimum Gasteiger partial charge on any atom is -0.496 e. The van der Waals surface area contributed by atoms with Crippen LogP contribution in [0, 0.1) is 18.7 Å². The summed E-state index contributed by atoms with van der Waals surface area (Å²) in [4.78, 5) is 40.2. The molecule has 0 N–H and O–H groups in total. The molecule has 1 atom stereocenters. The number of benzene rings is 2. The van der Waals surface area contributed by atoms with Gasteiger partial charge in [-0.2, -0.15) is 0 Å². The van der Waals surface area contributed by atoms with Crippen LogP contribution in [0.5, 0.6) is 5.75 Å². The summed E-state index contributed by atoms with van der Waals surface area (Å²) in [7, 11) is 2.75. The number of rotatable bonds is 10. The molecule has 214 valence electrons. The number of anilines is 1. The van der Waals surface area contributed by atoms with Gasteiger partial charge in [0.25, 0.3) is 0 Å².